The third kappa shape index (κ3) is 6.65. The van der Waals surface area contributed by atoms with Crippen molar-refractivity contribution in [1.82, 2.24) is 10.7 Å². The zero-order valence-electron chi connectivity index (χ0n) is 17.3. The first kappa shape index (κ1) is 22.4. The molecule has 0 heterocycles. The number of anilines is 1. The summed E-state index contributed by atoms with van der Waals surface area (Å²) in [5.74, 6) is 0.135. The minimum atomic E-state index is -0.430. The molecule has 2 rings (SSSR count). The summed E-state index contributed by atoms with van der Waals surface area (Å²) in [6, 6.07) is 5.04. The summed E-state index contributed by atoms with van der Waals surface area (Å²) in [5.41, 5.74) is 7.10. The van der Waals surface area contributed by atoms with E-state index < -0.39 is 5.91 Å². The average Bonchev–Trinajstić information content (AvgIpc) is 2.72. The molecule has 0 spiro atoms. The Labute approximate surface area is 174 Å². The highest BCUT2D eigenvalue weighted by atomic mass is 16.5. The van der Waals surface area contributed by atoms with Crippen molar-refractivity contribution in [2.75, 3.05) is 19.5 Å². The lowest BCUT2D eigenvalue weighted by Gasteiger charge is -2.11. The number of hydrogen-bond acceptors (Lipinski definition) is 6. The highest BCUT2D eigenvalue weighted by molar-refractivity contribution is 6.06. The number of ether oxygens (including phenoxy) is 2. The number of rotatable bonds is 8. The quantitative estimate of drug-likeness (QED) is 0.343. The first-order chi connectivity index (χ1) is 14.3. The van der Waals surface area contributed by atoms with Crippen molar-refractivity contribution in [1.29, 1.82) is 0 Å². The van der Waals surface area contributed by atoms with E-state index in [1.165, 1.54) is 20.1 Å². The fourth-order valence-electron chi connectivity index (χ4n) is 2.53. The summed E-state index contributed by atoms with van der Waals surface area (Å²) in [4.78, 5) is 35.5. The van der Waals surface area contributed by atoms with Crippen LogP contribution in [0.2, 0.25) is 0 Å². The molecule has 30 heavy (non-hydrogen) atoms. The van der Waals surface area contributed by atoms with Crippen LogP contribution in [0.25, 0.3) is 0 Å². The topological polar surface area (TPSA) is 118 Å². The fourth-order valence-corrected chi connectivity index (χ4v) is 2.53. The second kappa shape index (κ2) is 10.6. The SMILES string of the molecule is COc1ccc(NC(=O)C/C(C)=N/NC(=O)C2=C=CC(NC(C)=O)=CC2)c(OC)c1. The maximum absolute atomic E-state index is 12.3. The van der Waals surface area contributed by atoms with E-state index in [4.69, 9.17) is 9.47 Å². The molecule has 1 aromatic rings. The normalized spacial score (nSPS) is 13.0. The molecule has 0 saturated heterocycles. The van der Waals surface area contributed by atoms with Crippen LogP contribution in [0.3, 0.4) is 0 Å². The maximum atomic E-state index is 12.3. The molecule has 0 aliphatic heterocycles. The van der Waals surface area contributed by atoms with E-state index in [9.17, 15) is 14.4 Å². The molecule has 0 saturated carbocycles. The standard InChI is InChI=1S/C21H24N4O5/c1-13(11-20(27)23-18-10-9-17(29-3)12-19(18)30-4)24-25-21(28)15-5-7-16(8-6-15)22-14(2)26/h7-10,12H,5,11H2,1-4H3,(H,22,26)(H,23,27)(H,25,28)/b24-13+. The Morgan fingerprint density at radius 3 is 2.50 bits per heavy atom. The average molecular weight is 412 g/mol. The van der Waals surface area contributed by atoms with Crippen molar-refractivity contribution in [2.24, 2.45) is 5.10 Å². The number of nitrogens with one attached hydrogen (secondary N) is 3. The number of carbonyl (C=O) groups is 3. The van der Waals surface area contributed by atoms with Gasteiger partial charge in [-0.25, -0.2) is 5.43 Å². The van der Waals surface area contributed by atoms with Crippen LogP contribution in [-0.2, 0) is 14.4 Å². The third-order valence-corrected chi connectivity index (χ3v) is 3.97. The van der Waals surface area contributed by atoms with E-state index in [1.807, 2.05) is 0 Å². The molecule has 0 bridgehead atoms. The molecular formula is C21H24N4O5. The van der Waals surface area contributed by atoms with Gasteiger partial charge < -0.3 is 20.1 Å². The van der Waals surface area contributed by atoms with Crippen molar-refractivity contribution >= 4 is 29.1 Å². The van der Waals surface area contributed by atoms with E-state index in [1.54, 1.807) is 38.3 Å². The summed E-state index contributed by atoms with van der Waals surface area (Å²) in [5, 5.41) is 9.31. The minimum absolute atomic E-state index is 0.0169. The van der Waals surface area contributed by atoms with Crippen molar-refractivity contribution in [3.05, 3.63) is 47.4 Å². The Kier molecular flexibility index (Phi) is 7.96. The van der Waals surface area contributed by atoms with Crippen LogP contribution in [0.5, 0.6) is 11.5 Å². The fraction of sp³-hybridized carbons (Fsp3) is 0.286. The van der Waals surface area contributed by atoms with Crippen LogP contribution in [0, 0.1) is 0 Å². The lowest BCUT2D eigenvalue weighted by atomic mass is 10.1. The second-order valence-electron chi connectivity index (χ2n) is 6.39. The predicted molar refractivity (Wildman–Crippen MR) is 112 cm³/mol. The highest BCUT2D eigenvalue weighted by Gasteiger charge is 2.13. The van der Waals surface area contributed by atoms with Crippen molar-refractivity contribution in [3.8, 4) is 11.5 Å². The van der Waals surface area contributed by atoms with Gasteiger partial charge in [-0.2, -0.15) is 5.10 Å². The molecule has 3 N–H and O–H groups in total. The minimum Gasteiger partial charge on any atom is -0.497 e. The van der Waals surface area contributed by atoms with Crippen LogP contribution in [0.4, 0.5) is 5.69 Å². The van der Waals surface area contributed by atoms with Gasteiger partial charge in [-0.15, -0.1) is 5.73 Å². The van der Waals surface area contributed by atoms with E-state index in [2.05, 4.69) is 26.9 Å². The molecule has 0 radical (unpaired) electrons. The Balaban J connectivity index is 1.91. The van der Waals surface area contributed by atoms with Crippen molar-refractivity contribution in [2.45, 2.75) is 26.7 Å². The molecule has 9 heteroatoms. The first-order valence-electron chi connectivity index (χ1n) is 9.11. The van der Waals surface area contributed by atoms with Gasteiger partial charge in [-0.3, -0.25) is 14.4 Å². The van der Waals surface area contributed by atoms with Gasteiger partial charge in [-0.05, 0) is 19.1 Å². The van der Waals surface area contributed by atoms with E-state index >= 15 is 0 Å². The molecule has 0 unspecified atom stereocenters. The van der Waals surface area contributed by atoms with Gasteiger partial charge in [0.15, 0.2) is 0 Å². The molecule has 0 aromatic heterocycles. The van der Waals surface area contributed by atoms with Gasteiger partial charge >= 0.3 is 0 Å². The van der Waals surface area contributed by atoms with E-state index in [0.29, 0.717) is 40.6 Å². The van der Waals surface area contributed by atoms with Crippen LogP contribution in [0.1, 0.15) is 26.7 Å². The molecule has 9 nitrogen and oxygen atoms in total. The van der Waals surface area contributed by atoms with Crippen LogP contribution < -0.4 is 25.5 Å². The van der Waals surface area contributed by atoms with E-state index in [0.717, 1.165) is 0 Å². The number of nitrogens with zero attached hydrogens (tertiary/aromatic N) is 1. The summed E-state index contributed by atoms with van der Waals surface area (Å²) in [7, 11) is 3.04. The number of amides is 3. The molecule has 1 aromatic carbocycles. The van der Waals surface area contributed by atoms with Gasteiger partial charge in [0.1, 0.15) is 11.5 Å². The summed E-state index contributed by atoms with van der Waals surface area (Å²) < 4.78 is 10.4. The molecule has 158 valence electrons. The Hall–Kier alpha value is -3.84. The van der Waals surface area contributed by atoms with Crippen molar-refractivity contribution in [3.63, 3.8) is 0 Å². The van der Waals surface area contributed by atoms with Crippen molar-refractivity contribution < 1.29 is 23.9 Å². The number of hydrazone groups is 1. The molecule has 1 aliphatic rings. The van der Waals surface area contributed by atoms with Gasteiger partial charge in [0.2, 0.25) is 11.8 Å². The number of methoxy groups -OCH3 is 2. The van der Waals surface area contributed by atoms with Gasteiger partial charge in [0, 0.05) is 36.9 Å². The number of hydrogen-bond donors (Lipinski definition) is 3. The van der Waals surface area contributed by atoms with E-state index in [-0.39, 0.29) is 18.2 Å². The number of carbonyl (C=O) groups excluding carboxylic acids is 3. The highest BCUT2D eigenvalue weighted by Crippen LogP contribution is 2.29. The molecule has 0 atom stereocenters. The monoisotopic (exact) mass is 412 g/mol. The first-order valence-corrected chi connectivity index (χ1v) is 9.11. The lowest BCUT2D eigenvalue weighted by Crippen LogP contribution is -2.24. The van der Waals surface area contributed by atoms with Crippen LogP contribution >= 0.6 is 0 Å². The Morgan fingerprint density at radius 2 is 1.90 bits per heavy atom. The zero-order valence-corrected chi connectivity index (χ0v) is 17.3. The third-order valence-electron chi connectivity index (χ3n) is 3.97. The number of allylic oxidation sites excluding steroid dienone is 2. The summed E-state index contributed by atoms with van der Waals surface area (Å²) in [6.07, 6.45) is 3.52. The van der Waals surface area contributed by atoms with Gasteiger partial charge in [0.25, 0.3) is 5.91 Å². The summed E-state index contributed by atoms with van der Waals surface area (Å²) in [6.45, 7) is 3.03. The lowest BCUT2D eigenvalue weighted by molar-refractivity contribution is -0.118. The smallest absolute Gasteiger partial charge is 0.275 e. The predicted octanol–water partition coefficient (Wildman–Crippen LogP) is 2.03. The molecular weight excluding hydrogens is 388 g/mol. The largest absolute Gasteiger partial charge is 0.497 e. The second-order valence-corrected chi connectivity index (χ2v) is 6.39. The molecule has 0 fully saturated rings. The van der Waals surface area contributed by atoms with Gasteiger partial charge in [0.05, 0.1) is 31.9 Å². The summed E-state index contributed by atoms with van der Waals surface area (Å²) >= 11 is 0. The molecule has 3 amide bonds. The van der Waals surface area contributed by atoms with Gasteiger partial charge in [-0.1, -0.05) is 6.08 Å². The van der Waals surface area contributed by atoms with Crippen LogP contribution in [0.15, 0.2) is 52.5 Å². The zero-order chi connectivity index (χ0) is 22.1. The Morgan fingerprint density at radius 1 is 1.13 bits per heavy atom. The Bertz CT molecular complexity index is 972. The maximum Gasteiger partial charge on any atom is 0.275 e. The molecule has 1 aliphatic carbocycles. The van der Waals surface area contributed by atoms with Crippen LogP contribution in [-0.4, -0.2) is 37.7 Å². The number of benzene rings is 1.